The van der Waals surface area contributed by atoms with Crippen molar-refractivity contribution >= 4 is 27.5 Å². The second-order valence-electron chi connectivity index (χ2n) is 7.00. The Morgan fingerprint density at radius 3 is 2.74 bits per heavy atom. The highest BCUT2D eigenvalue weighted by molar-refractivity contribution is 7.18. The Kier molecular flexibility index (Phi) is 6.08. The van der Waals surface area contributed by atoms with Gasteiger partial charge in [0.25, 0.3) is 5.56 Å². The number of hydrogen-bond donors (Lipinski definition) is 2. The summed E-state index contributed by atoms with van der Waals surface area (Å²) in [4.78, 5) is 38.5. The molecule has 0 spiro atoms. The highest BCUT2D eigenvalue weighted by Gasteiger charge is 2.25. The van der Waals surface area contributed by atoms with E-state index in [1.165, 1.54) is 0 Å². The number of aromatic nitrogens is 2. The van der Waals surface area contributed by atoms with Gasteiger partial charge in [-0.25, -0.2) is 4.98 Å². The molecule has 0 aliphatic carbocycles. The minimum absolute atomic E-state index is 0.0243. The van der Waals surface area contributed by atoms with Crippen molar-refractivity contribution in [3.8, 4) is 0 Å². The summed E-state index contributed by atoms with van der Waals surface area (Å²) in [6, 6.07) is 0.0292. The van der Waals surface area contributed by atoms with Gasteiger partial charge in [0, 0.05) is 37.6 Å². The summed E-state index contributed by atoms with van der Waals surface area (Å²) in [6.45, 7) is 13.9. The van der Waals surface area contributed by atoms with Gasteiger partial charge in [-0.1, -0.05) is 6.08 Å². The minimum Gasteiger partial charge on any atom is -0.352 e. The number of aromatic amines is 1. The number of thiophene rings is 1. The average Bonchev–Trinajstić information content (AvgIpc) is 2.94. The van der Waals surface area contributed by atoms with Gasteiger partial charge in [0.15, 0.2) is 0 Å². The first-order chi connectivity index (χ1) is 12.9. The van der Waals surface area contributed by atoms with Gasteiger partial charge in [-0.3, -0.25) is 19.4 Å². The molecule has 2 aromatic heterocycles. The summed E-state index contributed by atoms with van der Waals surface area (Å²) in [5.74, 6) is 0.738. The van der Waals surface area contributed by atoms with Crippen LogP contribution in [0.25, 0.3) is 10.2 Å². The van der Waals surface area contributed by atoms with Crippen LogP contribution in [-0.4, -0.2) is 64.9 Å². The summed E-state index contributed by atoms with van der Waals surface area (Å²) in [7, 11) is 0. The molecule has 27 heavy (non-hydrogen) atoms. The number of aryl methyl sites for hydroxylation is 2. The van der Waals surface area contributed by atoms with Crippen LogP contribution in [-0.2, 0) is 4.79 Å². The first kappa shape index (κ1) is 19.7. The highest BCUT2D eigenvalue weighted by atomic mass is 32.1. The van der Waals surface area contributed by atoms with E-state index in [2.05, 4.69) is 33.6 Å². The van der Waals surface area contributed by atoms with E-state index in [1.54, 1.807) is 17.4 Å². The Labute approximate surface area is 163 Å². The molecule has 8 heteroatoms. The van der Waals surface area contributed by atoms with Gasteiger partial charge in [0.1, 0.15) is 10.7 Å². The molecule has 3 heterocycles. The van der Waals surface area contributed by atoms with Crippen LogP contribution in [0.4, 0.5) is 0 Å². The monoisotopic (exact) mass is 389 g/mol. The van der Waals surface area contributed by atoms with Gasteiger partial charge in [-0.15, -0.1) is 17.9 Å². The summed E-state index contributed by atoms with van der Waals surface area (Å²) in [5, 5.41) is 3.52. The molecule has 0 aromatic carbocycles. The molecule has 0 radical (unpaired) electrons. The number of hydrogen-bond acceptors (Lipinski definition) is 6. The Morgan fingerprint density at radius 1 is 1.37 bits per heavy atom. The number of H-pyrrole nitrogens is 1. The third-order valence-corrected chi connectivity index (χ3v) is 6.32. The second kappa shape index (κ2) is 8.33. The van der Waals surface area contributed by atoms with Crippen LogP contribution in [0.1, 0.15) is 29.2 Å². The molecule has 1 aliphatic rings. The van der Waals surface area contributed by atoms with Crippen LogP contribution in [0.3, 0.4) is 0 Å². The van der Waals surface area contributed by atoms with Crippen molar-refractivity contribution < 1.29 is 4.79 Å². The van der Waals surface area contributed by atoms with E-state index >= 15 is 0 Å². The first-order valence-electron chi connectivity index (χ1n) is 9.24. The van der Waals surface area contributed by atoms with E-state index < -0.39 is 0 Å². The molecular formula is C19H27N5O2S. The lowest BCUT2D eigenvalue weighted by Crippen LogP contribution is -2.50. The molecule has 1 amide bonds. The molecule has 0 saturated carbocycles. The number of nitrogens with one attached hydrogen (secondary N) is 2. The predicted octanol–water partition coefficient (Wildman–Crippen LogP) is 1.58. The van der Waals surface area contributed by atoms with Crippen LogP contribution in [0.2, 0.25) is 0 Å². The molecule has 146 valence electrons. The maximum absolute atomic E-state index is 12.5. The largest absolute Gasteiger partial charge is 0.352 e. The van der Waals surface area contributed by atoms with Gasteiger partial charge >= 0.3 is 0 Å². The lowest BCUT2D eigenvalue weighted by molar-refractivity contribution is -0.122. The third kappa shape index (κ3) is 4.28. The maximum atomic E-state index is 12.5. The molecule has 1 saturated heterocycles. The fourth-order valence-corrected chi connectivity index (χ4v) is 4.43. The molecule has 1 atom stereocenters. The van der Waals surface area contributed by atoms with Crippen molar-refractivity contribution in [3.63, 3.8) is 0 Å². The zero-order valence-corrected chi connectivity index (χ0v) is 17.0. The van der Waals surface area contributed by atoms with Crippen LogP contribution in [0.15, 0.2) is 17.4 Å². The van der Waals surface area contributed by atoms with Gasteiger partial charge in [-0.2, -0.15) is 0 Å². The standard InChI is InChI=1S/C19H27N5O2S/c1-5-6-20-15(25)11-23-7-9-24(10-8-23)13(3)17-21-18(26)16-12(2)14(4)27-19(16)22-17/h5,13H,1,6-11H2,2-4H3,(H,20,25)(H,21,22,26). The first-order valence-corrected chi connectivity index (χ1v) is 10.1. The predicted molar refractivity (Wildman–Crippen MR) is 109 cm³/mol. The van der Waals surface area contributed by atoms with Crippen molar-refractivity contribution in [3.05, 3.63) is 39.3 Å². The van der Waals surface area contributed by atoms with Crippen LogP contribution in [0, 0.1) is 13.8 Å². The Balaban J connectivity index is 1.65. The molecule has 0 bridgehead atoms. The van der Waals surface area contributed by atoms with Crippen molar-refractivity contribution in [1.82, 2.24) is 25.1 Å². The number of amides is 1. The number of rotatable bonds is 6. The molecule has 1 aliphatic heterocycles. The minimum atomic E-state index is -0.0544. The number of carbonyl (C=O) groups excluding carboxylic acids is 1. The normalized spacial score (nSPS) is 17.1. The average molecular weight is 390 g/mol. The number of nitrogens with zero attached hydrogens (tertiary/aromatic N) is 3. The maximum Gasteiger partial charge on any atom is 0.259 e. The Hall–Kier alpha value is -2.03. The number of carbonyl (C=O) groups is 1. The van der Waals surface area contributed by atoms with E-state index in [1.807, 2.05) is 13.8 Å². The van der Waals surface area contributed by atoms with E-state index in [9.17, 15) is 9.59 Å². The van der Waals surface area contributed by atoms with Crippen molar-refractivity contribution in [2.45, 2.75) is 26.8 Å². The summed E-state index contributed by atoms with van der Waals surface area (Å²) < 4.78 is 0. The van der Waals surface area contributed by atoms with Crippen LogP contribution in [0.5, 0.6) is 0 Å². The Bertz CT molecular complexity index is 895. The molecule has 2 N–H and O–H groups in total. The zero-order valence-electron chi connectivity index (χ0n) is 16.2. The third-order valence-electron chi connectivity index (χ3n) is 5.22. The molecule has 7 nitrogen and oxygen atoms in total. The summed E-state index contributed by atoms with van der Waals surface area (Å²) >= 11 is 1.58. The number of fused-ring (bicyclic) bond motifs is 1. The van der Waals surface area contributed by atoms with Gasteiger partial charge in [0.2, 0.25) is 5.91 Å². The van der Waals surface area contributed by atoms with Crippen LogP contribution < -0.4 is 10.9 Å². The van der Waals surface area contributed by atoms with Crippen LogP contribution >= 0.6 is 11.3 Å². The summed E-state index contributed by atoms with van der Waals surface area (Å²) in [5.41, 5.74) is 0.965. The SMILES string of the molecule is C=CCNC(=O)CN1CCN(C(C)c2nc3sc(C)c(C)c3c(=O)[nH]2)CC1. The van der Waals surface area contributed by atoms with E-state index in [0.717, 1.165) is 41.5 Å². The van der Waals surface area contributed by atoms with Gasteiger partial charge in [0.05, 0.1) is 18.0 Å². The topological polar surface area (TPSA) is 81.3 Å². The zero-order chi connectivity index (χ0) is 19.6. The van der Waals surface area contributed by atoms with Gasteiger partial charge < -0.3 is 10.3 Å². The van der Waals surface area contributed by atoms with E-state index in [-0.39, 0.29) is 17.5 Å². The van der Waals surface area contributed by atoms with Crippen molar-refractivity contribution in [2.24, 2.45) is 0 Å². The van der Waals surface area contributed by atoms with Crippen molar-refractivity contribution in [2.75, 3.05) is 39.3 Å². The molecule has 1 unspecified atom stereocenters. The molecule has 1 fully saturated rings. The molecular weight excluding hydrogens is 362 g/mol. The second-order valence-corrected chi connectivity index (χ2v) is 8.20. The van der Waals surface area contributed by atoms with Gasteiger partial charge in [-0.05, 0) is 26.3 Å². The summed E-state index contributed by atoms with van der Waals surface area (Å²) in [6.07, 6.45) is 1.68. The molecule has 2 aromatic rings. The highest BCUT2D eigenvalue weighted by Crippen LogP contribution is 2.27. The molecule has 3 rings (SSSR count). The fraction of sp³-hybridized carbons (Fsp3) is 0.526. The van der Waals surface area contributed by atoms with Crippen molar-refractivity contribution in [1.29, 1.82) is 0 Å². The Morgan fingerprint density at radius 2 is 2.07 bits per heavy atom. The van der Waals surface area contributed by atoms with E-state index in [4.69, 9.17) is 4.98 Å². The lowest BCUT2D eigenvalue weighted by Gasteiger charge is -2.37. The van der Waals surface area contributed by atoms with E-state index in [0.29, 0.717) is 24.3 Å². The quantitative estimate of drug-likeness (QED) is 0.733. The smallest absolute Gasteiger partial charge is 0.259 e. The lowest BCUT2D eigenvalue weighted by atomic mass is 10.2. The number of piperazine rings is 1. The fourth-order valence-electron chi connectivity index (χ4n) is 3.40.